The molecule has 3 heteroatoms. The zero-order valence-corrected chi connectivity index (χ0v) is 8.94. The summed E-state index contributed by atoms with van der Waals surface area (Å²) in [7, 11) is 0. The van der Waals surface area contributed by atoms with Gasteiger partial charge >= 0.3 is 0 Å². The number of allylic oxidation sites excluding steroid dienone is 1. The normalized spacial score (nSPS) is 13.4. The van der Waals surface area contributed by atoms with Gasteiger partial charge in [0.25, 0.3) is 5.17 Å². The minimum atomic E-state index is 0.0498. The van der Waals surface area contributed by atoms with Crippen LogP contribution in [0.15, 0.2) is 12.2 Å². The van der Waals surface area contributed by atoms with E-state index in [0.29, 0.717) is 11.2 Å². The Morgan fingerprint density at radius 2 is 2.00 bits per heavy atom. The van der Waals surface area contributed by atoms with Crippen LogP contribution in [-0.4, -0.2) is 17.3 Å². The van der Waals surface area contributed by atoms with Crippen molar-refractivity contribution in [1.29, 1.82) is 0 Å². The second kappa shape index (κ2) is 6.00. The van der Waals surface area contributed by atoms with E-state index in [4.69, 9.17) is 17.0 Å². The van der Waals surface area contributed by atoms with Gasteiger partial charge in [-0.3, -0.25) is 0 Å². The molecular weight excluding hydrogens is 170 g/mol. The Labute approximate surface area is 80.0 Å². The van der Waals surface area contributed by atoms with Crippen LogP contribution in [0.4, 0.5) is 0 Å². The second-order valence-electron chi connectivity index (χ2n) is 2.94. The van der Waals surface area contributed by atoms with Crippen LogP contribution in [0, 0.1) is 0 Å². The molecule has 0 saturated carbocycles. The molecule has 0 heterocycles. The van der Waals surface area contributed by atoms with Crippen molar-refractivity contribution in [2.75, 3.05) is 0 Å². The van der Waals surface area contributed by atoms with Crippen LogP contribution in [0.1, 0.15) is 27.7 Å². The van der Waals surface area contributed by atoms with Gasteiger partial charge in [0.1, 0.15) is 6.10 Å². The van der Waals surface area contributed by atoms with Gasteiger partial charge in [-0.25, -0.2) is 0 Å². The molecule has 0 aliphatic rings. The quantitative estimate of drug-likeness (QED) is 0.541. The number of hydrogen-bond donors (Lipinski definition) is 1. The van der Waals surface area contributed by atoms with Crippen molar-refractivity contribution in [3.63, 3.8) is 0 Å². The van der Waals surface area contributed by atoms with E-state index in [0.717, 1.165) is 0 Å². The summed E-state index contributed by atoms with van der Waals surface area (Å²) < 4.78 is 5.34. The van der Waals surface area contributed by atoms with Gasteiger partial charge in [-0.15, -0.1) is 0 Å². The third kappa shape index (κ3) is 6.16. The Morgan fingerprint density at radius 3 is 2.42 bits per heavy atom. The highest BCUT2D eigenvalue weighted by atomic mass is 32.1. The Hall–Kier alpha value is -0.570. The molecule has 0 aromatic heterocycles. The van der Waals surface area contributed by atoms with Crippen LogP contribution in [0.3, 0.4) is 0 Å². The van der Waals surface area contributed by atoms with Gasteiger partial charge in [0.15, 0.2) is 0 Å². The van der Waals surface area contributed by atoms with Gasteiger partial charge in [-0.05, 0) is 46.0 Å². The molecule has 0 unspecified atom stereocenters. The van der Waals surface area contributed by atoms with Crippen molar-refractivity contribution in [3.05, 3.63) is 12.2 Å². The molecule has 0 rings (SSSR count). The lowest BCUT2D eigenvalue weighted by atomic mass is 10.4. The van der Waals surface area contributed by atoms with E-state index < -0.39 is 0 Å². The largest absolute Gasteiger partial charge is 0.464 e. The lowest BCUT2D eigenvalue weighted by Gasteiger charge is -2.15. The zero-order valence-electron chi connectivity index (χ0n) is 8.13. The standard InChI is InChI=1S/C9H17NOS/c1-5-6-8(4)11-9(12)10-7(2)3/h5-8H,1-4H3,(H,10,12)/b6-5+/t8-/m0/s1. The first-order valence-corrected chi connectivity index (χ1v) is 4.57. The summed E-state index contributed by atoms with van der Waals surface area (Å²) in [5.74, 6) is 0. The molecule has 0 fully saturated rings. The zero-order chi connectivity index (χ0) is 9.56. The fourth-order valence-corrected chi connectivity index (χ4v) is 1.14. The summed E-state index contributed by atoms with van der Waals surface area (Å²) >= 11 is 4.95. The molecule has 0 aromatic rings. The van der Waals surface area contributed by atoms with Crippen molar-refractivity contribution in [3.8, 4) is 0 Å². The lowest BCUT2D eigenvalue weighted by Crippen LogP contribution is -2.32. The maximum Gasteiger partial charge on any atom is 0.257 e. The highest BCUT2D eigenvalue weighted by Gasteiger charge is 2.02. The predicted octanol–water partition coefficient (Wildman–Crippen LogP) is 2.25. The molecule has 0 saturated heterocycles. The summed E-state index contributed by atoms with van der Waals surface area (Å²) in [6.07, 6.45) is 3.95. The van der Waals surface area contributed by atoms with E-state index in [2.05, 4.69) is 5.32 Å². The van der Waals surface area contributed by atoms with E-state index in [9.17, 15) is 0 Å². The summed E-state index contributed by atoms with van der Waals surface area (Å²) in [6.45, 7) is 7.96. The van der Waals surface area contributed by atoms with Crippen molar-refractivity contribution in [2.24, 2.45) is 0 Å². The van der Waals surface area contributed by atoms with Crippen LogP contribution in [0.5, 0.6) is 0 Å². The predicted molar refractivity (Wildman–Crippen MR) is 56.2 cm³/mol. The molecule has 0 spiro atoms. The topological polar surface area (TPSA) is 21.3 Å². The van der Waals surface area contributed by atoms with E-state index in [-0.39, 0.29) is 6.10 Å². The van der Waals surface area contributed by atoms with Crippen LogP contribution in [-0.2, 0) is 4.74 Å². The Bertz CT molecular complexity index is 166. The first-order valence-electron chi connectivity index (χ1n) is 4.16. The smallest absolute Gasteiger partial charge is 0.257 e. The minimum absolute atomic E-state index is 0.0498. The van der Waals surface area contributed by atoms with E-state index in [1.54, 1.807) is 0 Å². The molecule has 12 heavy (non-hydrogen) atoms. The van der Waals surface area contributed by atoms with Gasteiger partial charge in [-0.1, -0.05) is 6.08 Å². The summed E-state index contributed by atoms with van der Waals surface area (Å²) in [6, 6.07) is 0.329. The lowest BCUT2D eigenvalue weighted by molar-refractivity contribution is 0.248. The highest BCUT2D eigenvalue weighted by molar-refractivity contribution is 7.80. The number of rotatable bonds is 3. The second-order valence-corrected chi connectivity index (χ2v) is 3.31. The SMILES string of the molecule is C/C=C/[C@H](C)OC(=S)NC(C)C. The molecule has 0 radical (unpaired) electrons. The molecule has 70 valence electrons. The maximum atomic E-state index is 5.34. The van der Waals surface area contributed by atoms with E-state index in [1.807, 2.05) is 39.8 Å². The molecule has 0 aliphatic carbocycles. The fourth-order valence-electron chi connectivity index (χ4n) is 0.749. The Kier molecular flexibility index (Phi) is 5.72. The molecule has 1 N–H and O–H groups in total. The molecule has 1 atom stereocenters. The van der Waals surface area contributed by atoms with Crippen LogP contribution >= 0.6 is 12.2 Å². The van der Waals surface area contributed by atoms with Gasteiger partial charge in [-0.2, -0.15) is 0 Å². The van der Waals surface area contributed by atoms with Crippen molar-refractivity contribution < 1.29 is 4.74 Å². The summed E-state index contributed by atoms with van der Waals surface area (Å²) in [5, 5.41) is 3.48. The summed E-state index contributed by atoms with van der Waals surface area (Å²) in [4.78, 5) is 0. The van der Waals surface area contributed by atoms with E-state index in [1.165, 1.54) is 0 Å². The van der Waals surface area contributed by atoms with Crippen LogP contribution in [0.25, 0.3) is 0 Å². The number of hydrogen-bond acceptors (Lipinski definition) is 2. The van der Waals surface area contributed by atoms with E-state index >= 15 is 0 Å². The molecule has 0 aliphatic heterocycles. The average Bonchev–Trinajstić information content (AvgIpc) is 1.84. The van der Waals surface area contributed by atoms with Crippen LogP contribution < -0.4 is 5.32 Å². The first kappa shape index (κ1) is 11.4. The van der Waals surface area contributed by atoms with Crippen molar-refractivity contribution in [1.82, 2.24) is 5.32 Å². The van der Waals surface area contributed by atoms with Gasteiger partial charge in [0.05, 0.1) is 0 Å². The minimum Gasteiger partial charge on any atom is -0.464 e. The highest BCUT2D eigenvalue weighted by Crippen LogP contribution is 1.94. The van der Waals surface area contributed by atoms with Gasteiger partial charge in [0.2, 0.25) is 0 Å². The molecule has 0 amide bonds. The molecular formula is C9H17NOS. The Balaban J connectivity index is 3.69. The Morgan fingerprint density at radius 1 is 1.42 bits per heavy atom. The fraction of sp³-hybridized carbons (Fsp3) is 0.667. The number of thiocarbonyl (C=S) groups is 1. The monoisotopic (exact) mass is 187 g/mol. The van der Waals surface area contributed by atoms with Crippen molar-refractivity contribution >= 4 is 17.4 Å². The molecule has 0 aromatic carbocycles. The maximum absolute atomic E-state index is 5.34. The number of nitrogens with one attached hydrogen (secondary N) is 1. The third-order valence-corrected chi connectivity index (χ3v) is 1.38. The third-order valence-electron chi connectivity index (χ3n) is 1.16. The molecule has 2 nitrogen and oxygen atoms in total. The molecule has 0 bridgehead atoms. The van der Waals surface area contributed by atoms with Gasteiger partial charge in [0, 0.05) is 6.04 Å². The number of ether oxygens (including phenoxy) is 1. The summed E-state index contributed by atoms with van der Waals surface area (Å²) in [5.41, 5.74) is 0. The van der Waals surface area contributed by atoms with Crippen molar-refractivity contribution in [2.45, 2.75) is 39.8 Å². The van der Waals surface area contributed by atoms with Gasteiger partial charge < -0.3 is 10.1 Å². The van der Waals surface area contributed by atoms with Crippen LogP contribution in [0.2, 0.25) is 0 Å². The first-order chi connectivity index (χ1) is 5.56. The average molecular weight is 187 g/mol.